The van der Waals surface area contributed by atoms with Gasteiger partial charge in [0, 0.05) is 34.1 Å². The zero-order valence-corrected chi connectivity index (χ0v) is 18.6. The second-order valence-electron chi connectivity index (χ2n) is 6.88. The fourth-order valence-electron chi connectivity index (χ4n) is 3.32. The van der Waals surface area contributed by atoms with Crippen LogP contribution in [0.1, 0.15) is 16.8 Å². The first kappa shape index (κ1) is 20.7. The van der Waals surface area contributed by atoms with E-state index in [4.69, 9.17) is 27.9 Å². The van der Waals surface area contributed by atoms with Gasteiger partial charge in [0.25, 0.3) is 10.0 Å². The third kappa shape index (κ3) is 3.67. The molecule has 0 amide bonds. The number of nitrogens with zero attached hydrogens (tertiary/aromatic N) is 2. The Bertz CT molecular complexity index is 1350. The number of rotatable bonds is 5. The van der Waals surface area contributed by atoms with Crippen molar-refractivity contribution in [2.24, 2.45) is 0 Å². The molecule has 0 saturated heterocycles. The Kier molecular flexibility index (Phi) is 5.49. The highest BCUT2D eigenvalue weighted by molar-refractivity contribution is 7.90. The summed E-state index contributed by atoms with van der Waals surface area (Å²) >= 11 is 12.8. The molecular formula is C22H18Cl2N2O3S. The number of fused-ring (bicyclic) bond motifs is 1. The van der Waals surface area contributed by atoms with Gasteiger partial charge in [-0.2, -0.15) is 0 Å². The maximum absolute atomic E-state index is 12.9. The number of benzene rings is 2. The summed E-state index contributed by atoms with van der Waals surface area (Å²) in [7, 11) is -3.84. The van der Waals surface area contributed by atoms with E-state index in [1.807, 2.05) is 38.1 Å². The molecule has 2 aromatic heterocycles. The standard InChI is InChI=1S/C22H18Cl2N2O3S/c1-14-12-15(2)25-22-16(14)6-5-7-19(22)29-13-17-18(23)8-9-20(21(17)24)30(27,28)26-10-3-4-11-26/h3-12H,13H2,1-2H3. The van der Waals surface area contributed by atoms with Crippen molar-refractivity contribution >= 4 is 44.1 Å². The van der Waals surface area contributed by atoms with Gasteiger partial charge in [-0.15, -0.1) is 0 Å². The van der Waals surface area contributed by atoms with E-state index in [0.29, 0.717) is 16.3 Å². The summed E-state index contributed by atoms with van der Waals surface area (Å²) in [4.78, 5) is 4.56. The van der Waals surface area contributed by atoms with Crippen molar-refractivity contribution in [1.29, 1.82) is 0 Å². The molecule has 0 N–H and O–H groups in total. The average Bonchev–Trinajstić information content (AvgIpc) is 3.23. The largest absolute Gasteiger partial charge is 0.487 e. The summed E-state index contributed by atoms with van der Waals surface area (Å²) in [6, 6.07) is 13.9. The van der Waals surface area contributed by atoms with Crippen LogP contribution in [0.4, 0.5) is 0 Å². The third-order valence-electron chi connectivity index (χ3n) is 4.79. The van der Waals surface area contributed by atoms with Gasteiger partial charge >= 0.3 is 0 Å². The van der Waals surface area contributed by atoms with E-state index in [1.165, 1.54) is 24.5 Å². The zero-order chi connectivity index (χ0) is 21.5. The van der Waals surface area contributed by atoms with Gasteiger partial charge in [0.05, 0.1) is 5.02 Å². The molecule has 0 aliphatic carbocycles. The van der Waals surface area contributed by atoms with Crippen LogP contribution in [0.2, 0.25) is 10.0 Å². The van der Waals surface area contributed by atoms with Crippen LogP contribution >= 0.6 is 23.2 Å². The molecule has 2 aromatic carbocycles. The van der Waals surface area contributed by atoms with Gasteiger partial charge in [0.15, 0.2) is 0 Å². The third-order valence-corrected chi connectivity index (χ3v) is 7.38. The molecule has 4 aromatic rings. The van der Waals surface area contributed by atoms with Gasteiger partial charge < -0.3 is 4.74 Å². The Morgan fingerprint density at radius 3 is 2.50 bits per heavy atom. The Morgan fingerprint density at radius 1 is 1.03 bits per heavy atom. The minimum Gasteiger partial charge on any atom is -0.487 e. The summed E-state index contributed by atoms with van der Waals surface area (Å²) in [5.41, 5.74) is 3.11. The number of para-hydroxylation sites is 1. The van der Waals surface area contributed by atoms with Gasteiger partial charge in [-0.1, -0.05) is 35.3 Å². The van der Waals surface area contributed by atoms with E-state index in [9.17, 15) is 8.42 Å². The van der Waals surface area contributed by atoms with Gasteiger partial charge in [-0.3, -0.25) is 0 Å². The van der Waals surface area contributed by atoms with Crippen LogP contribution in [-0.4, -0.2) is 17.4 Å². The number of hydrogen-bond acceptors (Lipinski definition) is 4. The Morgan fingerprint density at radius 2 is 1.77 bits per heavy atom. The molecule has 0 atom stereocenters. The summed E-state index contributed by atoms with van der Waals surface area (Å²) < 4.78 is 32.9. The first-order valence-electron chi connectivity index (χ1n) is 9.14. The van der Waals surface area contributed by atoms with Gasteiger partial charge in [-0.05, 0) is 55.8 Å². The highest BCUT2D eigenvalue weighted by Gasteiger charge is 2.23. The maximum atomic E-state index is 12.9. The minimum absolute atomic E-state index is 0.000484. The molecule has 8 heteroatoms. The molecule has 0 fully saturated rings. The molecule has 0 unspecified atom stereocenters. The van der Waals surface area contributed by atoms with Crippen LogP contribution in [0.3, 0.4) is 0 Å². The van der Waals surface area contributed by atoms with Crippen LogP contribution in [0.5, 0.6) is 5.75 Å². The van der Waals surface area contributed by atoms with Crippen molar-refractivity contribution in [3.05, 3.63) is 87.8 Å². The van der Waals surface area contributed by atoms with Crippen LogP contribution < -0.4 is 4.74 Å². The highest BCUT2D eigenvalue weighted by Crippen LogP contribution is 2.34. The van der Waals surface area contributed by atoms with E-state index in [0.717, 1.165) is 26.1 Å². The number of pyridine rings is 1. The van der Waals surface area contributed by atoms with Crippen molar-refractivity contribution in [2.75, 3.05) is 0 Å². The summed E-state index contributed by atoms with van der Waals surface area (Å²) in [6.45, 7) is 3.94. The lowest BCUT2D eigenvalue weighted by atomic mass is 10.1. The smallest absolute Gasteiger partial charge is 0.269 e. The van der Waals surface area contributed by atoms with E-state index in [1.54, 1.807) is 12.1 Å². The summed E-state index contributed by atoms with van der Waals surface area (Å²) in [5.74, 6) is 0.574. The highest BCUT2D eigenvalue weighted by atomic mass is 35.5. The molecule has 30 heavy (non-hydrogen) atoms. The number of aryl methyl sites for hydroxylation is 2. The normalized spacial score (nSPS) is 11.7. The molecule has 5 nitrogen and oxygen atoms in total. The average molecular weight is 461 g/mol. The van der Waals surface area contributed by atoms with E-state index in [2.05, 4.69) is 4.98 Å². The topological polar surface area (TPSA) is 61.2 Å². The first-order chi connectivity index (χ1) is 14.3. The Labute approximate surface area is 184 Å². The second-order valence-corrected chi connectivity index (χ2v) is 9.47. The number of hydrogen-bond donors (Lipinski definition) is 0. The van der Waals surface area contributed by atoms with Crippen LogP contribution in [-0.2, 0) is 16.6 Å². The molecule has 2 heterocycles. The second kappa shape index (κ2) is 7.95. The lowest BCUT2D eigenvalue weighted by Crippen LogP contribution is -2.12. The lowest BCUT2D eigenvalue weighted by molar-refractivity contribution is 0.309. The first-order valence-corrected chi connectivity index (χ1v) is 11.3. The van der Waals surface area contributed by atoms with Crippen molar-refractivity contribution in [1.82, 2.24) is 8.96 Å². The predicted octanol–water partition coefficient (Wildman–Crippen LogP) is 5.78. The van der Waals surface area contributed by atoms with Gasteiger partial charge in [0.2, 0.25) is 0 Å². The Balaban J connectivity index is 1.73. The fourth-order valence-corrected chi connectivity index (χ4v) is 5.37. The molecule has 0 bridgehead atoms. The molecule has 0 saturated carbocycles. The van der Waals surface area contributed by atoms with E-state index in [-0.39, 0.29) is 16.5 Å². The zero-order valence-electron chi connectivity index (χ0n) is 16.3. The van der Waals surface area contributed by atoms with Crippen LogP contribution in [0, 0.1) is 13.8 Å². The van der Waals surface area contributed by atoms with Crippen molar-refractivity contribution in [2.45, 2.75) is 25.3 Å². The summed E-state index contributed by atoms with van der Waals surface area (Å²) in [6.07, 6.45) is 2.89. The van der Waals surface area contributed by atoms with Crippen molar-refractivity contribution in [3.63, 3.8) is 0 Å². The lowest BCUT2D eigenvalue weighted by Gasteiger charge is -2.15. The molecule has 154 valence electrons. The SMILES string of the molecule is Cc1cc(C)c2cccc(OCc3c(Cl)ccc(S(=O)(=O)n4cccc4)c3Cl)c2n1. The van der Waals surface area contributed by atoms with E-state index < -0.39 is 10.0 Å². The predicted molar refractivity (Wildman–Crippen MR) is 119 cm³/mol. The van der Waals surface area contributed by atoms with Gasteiger partial charge in [-0.25, -0.2) is 17.4 Å². The van der Waals surface area contributed by atoms with Crippen molar-refractivity contribution in [3.8, 4) is 5.75 Å². The molecule has 0 aliphatic rings. The summed E-state index contributed by atoms with van der Waals surface area (Å²) in [5, 5.41) is 1.35. The maximum Gasteiger partial charge on any atom is 0.269 e. The van der Waals surface area contributed by atoms with Gasteiger partial charge in [0.1, 0.15) is 22.8 Å². The Hall–Kier alpha value is -2.54. The molecule has 0 spiro atoms. The molecule has 0 radical (unpaired) electrons. The molecule has 4 rings (SSSR count). The number of halogens is 2. The number of ether oxygens (including phenoxy) is 1. The fraction of sp³-hybridized carbons (Fsp3) is 0.136. The van der Waals surface area contributed by atoms with Crippen LogP contribution in [0.15, 0.2) is 65.8 Å². The monoisotopic (exact) mass is 460 g/mol. The molecule has 0 aliphatic heterocycles. The van der Waals surface area contributed by atoms with Crippen LogP contribution in [0.25, 0.3) is 10.9 Å². The van der Waals surface area contributed by atoms with E-state index >= 15 is 0 Å². The number of aromatic nitrogens is 2. The van der Waals surface area contributed by atoms with Crippen molar-refractivity contribution < 1.29 is 13.2 Å². The molecular weight excluding hydrogens is 443 g/mol. The quantitative estimate of drug-likeness (QED) is 0.378. The minimum atomic E-state index is -3.84.